The van der Waals surface area contributed by atoms with Gasteiger partial charge in [-0.15, -0.1) is 0 Å². The zero-order chi connectivity index (χ0) is 28.5. The third-order valence-corrected chi connectivity index (χ3v) is 7.28. The van der Waals surface area contributed by atoms with Crippen LogP contribution in [-0.4, -0.2) is 88.1 Å². The van der Waals surface area contributed by atoms with Crippen molar-refractivity contribution < 1.29 is 32.8 Å². The molecule has 0 heterocycles. The standard InChI is InChI=1S/C28H59N2O7P/c1-6-7-8-9-10-11-12-13-14-15-16-17-18-19-20-21-23-34-25-27(37-28(31)30(4)5)26-36-38(32,33)35-24-22-29(2)3/h27H,6-26H2,1-5H3,(H,32,33). The quantitative estimate of drug-likeness (QED) is 0.0836. The van der Waals surface area contributed by atoms with Gasteiger partial charge in [0, 0.05) is 27.2 Å². The summed E-state index contributed by atoms with van der Waals surface area (Å²) in [6, 6.07) is 0. The number of phosphoric acid groups is 1. The second-order valence-electron chi connectivity index (χ2n) is 10.7. The van der Waals surface area contributed by atoms with Crippen molar-refractivity contribution in [3.8, 4) is 0 Å². The molecular weight excluding hydrogens is 507 g/mol. The van der Waals surface area contributed by atoms with Crippen molar-refractivity contribution in [1.29, 1.82) is 0 Å². The molecule has 0 aliphatic carbocycles. The highest BCUT2D eigenvalue weighted by Gasteiger charge is 2.25. The summed E-state index contributed by atoms with van der Waals surface area (Å²) < 4.78 is 33.0. The van der Waals surface area contributed by atoms with E-state index >= 15 is 0 Å². The lowest BCUT2D eigenvalue weighted by Crippen LogP contribution is -2.33. The number of nitrogens with zero attached hydrogens (tertiary/aromatic N) is 2. The molecule has 0 radical (unpaired) electrons. The fourth-order valence-electron chi connectivity index (χ4n) is 3.88. The predicted molar refractivity (Wildman–Crippen MR) is 155 cm³/mol. The smallest absolute Gasteiger partial charge is 0.441 e. The van der Waals surface area contributed by atoms with Crippen LogP contribution in [0.4, 0.5) is 4.79 Å². The molecule has 0 saturated heterocycles. The highest BCUT2D eigenvalue weighted by Crippen LogP contribution is 2.43. The Morgan fingerprint density at radius 1 is 0.711 bits per heavy atom. The van der Waals surface area contributed by atoms with Crippen molar-refractivity contribution in [2.45, 2.75) is 116 Å². The van der Waals surface area contributed by atoms with Gasteiger partial charge in [-0.3, -0.25) is 9.05 Å². The molecular formula is C28H59N2O7P. The van der Waals surface area contributed by atoms with Gasteiger partial charge in [-0.25, -0.2) is 9.36 Å². The van der Waals surface area contributed by atoms with Gasteiger partial charge >= 0.3 is 13.9 Å². The van der Waals surface area contributed by atoms with Crippen molar-refractivity contribution in [3.63, 3.8) is 0 Å². The van der Waals surface area contributed by atoms with Crippen LogP contribution in [0.1, 0.15) is 110 Å². The number of hydrogen-bond acceptors (Lipinski definition) is 7. The van der Waals surface area contributed by atoms with Crippen LogP contribution in [-0.2, 0) is 23.1 Å². The first-order valence-electron chi connectivity index (χ1n) is 14.9. The molecule has 9 nitrogen and oxygen atoms in total. The van der Waals surface area contributed by atoms with E-state index < -0.39 is 20.0 Å². The number of unbranched alkanes of at least 4 members (excludes halogenated alkanes) is 15. The summed E-state index contributed by atoms with van der Waals surface area (Å²) >= 11 is 0. The first-order chi connectivity index (χ1) is 18.2. The van der Waals surface area contributed by atoms with E-state index in [0.29, 0.717) is 13.2 Å². The second kappa shape index (κ2) is 25.3. The molecule has 0 saturated carbocycles. The van der Waals surface area contributed by atoms with Gasteiger partial charge in [0.25, 0.3) is 0 Å². The Morgan fingerprint density at radius 3 is 1.63 bits per heavy atom. The van der Waals surface area contributed by atoms with Crippen LogP contribution in [0.2, 0.25) is 0 Å². The summed E-state index contributed by atoms with van der Waals surface area (Å²) in [4.78, 5) is 24.9. The second-order valence-corrected chi connectivity index (χ2v) is 12.1. The van der Waals surface area contributed by atoms with Crippen molar-refractivity contribution in [3.05, 3.63) is 0 Å². The minimum absolute atomic E-state index is 0.0543. The lowest BCUT2D eigenvalue weighted by Gasteiger charge is -2.22. The maximum absolute atomic E-state index is 12.1. The highest BCUT2D eigenvalue weighted by molar-refractivity contribution is 7.47. The summed E-state index contributed by atoms with van der Waals surface area (Å²) in [5, 5.41) is 0. The zero-order valence-corrected chi connectivity index (χ0v) is 26.1. The Kier molecular flexibility index (Phi) is 24.8. The van der Waals surface area contributed by atoms with Gasteiger partial charge in [0.2, 0.25) is 0 Å². The van der Waals surface area contributed by atoms with E-state index in [2.05, 4.69) is 6.92 Å². The van der Waals surface area contributed by atoms with Gasteiger partial charge in [-0.1, -0.05) is 103 Å². The summed E-state index contributed by atoms with van der Waals surface area (Å²) in [7, 11) is 2.57. The van der Waals surface area contributed by atoms with Gasteiger partial charge in [0.15, 0.2) is 6.10 Å². The number of rotatable bonds is 27. The van der Waals surface area contributed by atoms with Crippen LogP contribution in [0.25, 0.3) is 0 Å². The Balaban J connectivity index is 3.85. The maximum Gasteiger partial charge on any atom is 0.472 e. The molecule has 1 amide bonds. The van der Waals surface area contributed by atoms with Crippen molar-refractivity contribution in [2.75, 3.05) is 61.2 Å². The molecule has 0 bridgehead atoms. The Morgan fingerprint density at radius 2 is 1.18 bits per heavy atom. The van der Waals surface area contributed by atoms with Crippen LogP contribution >= 0.6 is 7.82 Å². The lowest BCUT2D eigenvalue weighted by atomic mass is 10.0. The molecule has 0 spiro atoms. The first-order valence-corrected chi connectivity index (χ1v) is 16.4. The van der Waals surface area contributed by atoms with Crippen molar-refractivity contribution in [2.24, 2.45) is 0 Å². The van der Waals surface area contributed by atoms with Crippen LogP contribution in [0.3, 0.4) is 0 Å². The molecule has 0 aromatic heterocycles. The Hall–Kier alpha value is -0.700. The summed E-state index contributed by atoms with van der Waals surface area (Å²) in [6.45, 7) is 3.16. The first kappa shape index (κ1) is 37.3. The Labute approximate surface area is 233 Å². The third-order valence-electron chi connectivity index (χ3n) is 6.30. The minimum atomic E-state index is -4.24. The van der Waals surface area contributed by atoms with Crippen molar-refractivity contribution >= 4 is 13.9 Å². The molecule has 0 aliphatic rings. The topological polar surface area (TPSA) is 97.8 Å². The van der Waals surface area contributed by atoms with Crippen LogP contribution < -0.4 is 0 Å². The fourth-order valence-corrected chi connectivity index (χ4v) is 4.63. The van der Waals surface area contributed by atoms with E-state index in [1.165, 1.54) is 94.8 Å². The summed E-state index contributed by atoms with van der Waals surface area (Å²) in [6.07, 6.45) is 19.6. The molecule has 10 heteroatoms. The van der Waals surface area contributed by atoms with Crippen LogP contribution in [0, 0.1) is 0 Å². The molecule has 0 aromatic rings. The maximum atomic E-state index is 12.1. The molecule has 228 valence electrons. The zero-order valence-electron chi connectivity index (χ0n) is 25.2. The minimum Gasteiger partial charge on any atom is -0.441 e. The van der Waals surface area contributed by atoms with Gasteiger partial charge in [-0.05, 0) is 20.5 Å². The highest BCUT2D eigenvalue weighted by atomic mass is 31.2. The van der Waals surface area contributed by atoms with E-state index in [0.717, 1.165) is 12.8 Å². The van der Waals surface area contributed by atoms with E-state index in [9.17, 15) is 14.3 Å². The SMILES string of the molecule is CCCCCCCCCCCCCCCCCCOCC(COP(=O)(O)OCCN(C)C)OC(=O)N(C)C. The van der Waals surface area contributed by atoms with Crippen LogP contribution in [0.5, 0.6) is 0 Å². The molecule has 0 aliphatic heterocycles. The summed E-state index contributed by atoms with van der Waals surface area (Å²) in [5.41, 5.74) is 0. The molecule has 2 unspecified atom stereocenters. The number of ether oxygens (including phenoxy) is 2. The van der Waals surface area contributed by atoms with Gasteiger partial charge in [0.1, 0.15) is 0 Å². The molecule has 0 rings (SSSR count). The average Bonchev–Trinajstić information content (AvgIpc) is 2.85. The van der Waals surface area contributed by atoms with E-state index in [1.807, 2.05) is 19.0 Å². The fraction of sp³-hybridized carbons (Fsp3) is 0.964. The largest absolute Gasteiger partial charge is 0.472 e. The van der Waals surface area contributed by atoms with Gasteiger partial charge in [-0.2, -0.15) is 0 Å². The van der Waals surface area contributed by atoms with Crippen LogP contribution in [0.15, 0.2) is 0 Å². The van der Waals surface area contributed by atoms with E-state index in [-0.39, 0.29) is 19.8 Å². The molecule has 1 N–H and O–H groups in total. The van der Waals surface area contributed by atoms with Crippen molar-refractivity contribution in [1.82, 2.24) is 9.80 Å². The normalized spacial score (nSPS) is 14.0. The number of carbonyl (C=O) groups excluding carboxylic acids is 1. The lowest BCUT2D eigenvalue weighted by molar-refractivity contribution is -0.0176. The van der Waals surface area contributed by atoms with E-state index in [4.69, 9.17) is 18.5 Å². The van der Waals surface area contributed by atoms with E-state index in [1.54, 1.807) is 14.1 Å². The summed E-state index contributed by atoms with van der Waals surface area (Å²) in [5.74, 6) is 0. The molecule has 0 aromatic carbocycles. The monoisotopic (exact) mass is 566 g/mol. The van der Waals surface area contributed by atoms with Gasteiger partial charge in [0.05, 0.1) is 19.8 Å². The molecule has 2 atom stereocenters. The average molecular weight is 567 g/mol. The molecule has 0 fully saturated rings. The molecule has 38 heavy (non-hydrogen) atoms. The van der Waals surface area contributed by atoms with Gasteiger partial charge < -0.3 is 24.2 Å². The number of carbonyl (C=O) groups is 1. The third kappa shape index (κ3) is 25.6. The number of amides is 1. The number of likely N-dealkylation sites (N-methyl/N-ethyl adjacent to an activating group) is 1. The number of phosphoric ester groups is 1. The predicted octanol–water partition coefficient (Wildman–Crippen LogP) is 7.03. The Bertz CT molecular complexity index is 594. The number of hydrogen-bond donors (Lipinski definition) is 1.